The zero-order valence-electron chi connectivity index (χ0n) is 8.42. The van der Waals surface area contributed by atoms with Crippen LogP contribution in [0.25, 0.3) is 0 Å². The van der Waals surface area contributed by atoms with Gasteiger partial charge in [0.05, 0.1) is 5.00 Å². The SMILES string of the molecule is Cc1c(N)sc2c1C(N(C)C)CC2. The third kappa shape index (κ3) is 1.27. The van der Waals surface area contributed by atoms with E-state index in [4.69, 9.17) is 5.73 Å². The molecule has 0 radical (unpaired) electrons. The molecule has 1 unspecified atom stereocenters. The molecule has 1 aromatic rings. The van der Waals surface area contributed by atoms with Gasteiger partial charge in [0.2, 0.25) is 0 Å². The van der Waals surface area contributed by atoms with E-state index in [0.29, 0.717) is 6.04 Å². The van der Waals surface area contributed by atoms with Gasteiger partial charge in [0, 0.05) is 10.9 Å². The monoisotopic (exact) mass is 196 g/mol. The summed E-state index contributed by atoms with van der Waals surface area (Å²) in [6, 6.07) is 0.601. The van der Waals surface area contributed by atoms with E-state index in [9.17, 15) is 0 Å². The van der Waals surface area contributed by atoms with Crippen molar-refractivity contribution in [3.05, 3.63) is 16.0 Å². The van der Waals surface area contributed by atoms with E-state index in [1.807, 2.05) is 0 Å². The van der Waals surface area contributed by atoms with Gasteiger partial charge in [-0.15, -0.1) is 11.3 Å². The molecule has 1 aliphatic carbocycles. The number of fused-ring (bicyclic) bond motifs is 1. The van der Waals surface area contributed by atoms with Gasteiger partial charge in [0.15, 0.2) is 0 Å². The summed E-state index contributed by atoms with van der Waals surface area (Å²) in [7, 11) is 4.29. The maximum absolute atomic E-state index is 5.91. The molecule has 0 fully saturated rings. The van der Waals surface area contributed by atoms with Crippen molar-refractivity contribution in [3.8, 4) is 0 Å². The topological polar surface area (TPSA) is 29.3 Å². The maximum atomic E-state index is 5.91. The van der Waals surface area contributed by atoms with Gasteiger partial charge in [-0.1, -0.05) is 0 Å². The smallest absolute Gasteiger partial charge is 0.0892 e. The van der Waals surface area contributed by atoms with Crippen LogP contribution in [0.5, 0.6) is 0 Å². The Morgan fingerprint density at radius 2 is 2.15 bits per heavy atom. The zero-order valence-corrected chi connectivity index (χ0v) is 9.24. The lowest BCUT2D eigenvalue weighted by atomic mass is 10.1. The summed E-state index contributed by atoms with van der Waals surface area (Å²) in [5.41, 5.74) is 8.74. The summed E-state index contributed by atoms with van der Waals surface area (Å²) in [5.74, 6) is 0. The van der Waals surface area contributed by atoms with Gasteiger partial charge in [-0.25, -0.2) is 0 Å². The first-order chi connectivity index (χ1) is 6.11. The van der Waals surface area contributed by atoms with Crippen molar-refractivity contribution in [1.29, 1.82) is 0 Å². The van der Waals surface area contributed by atoms with Gasteiger partial charge < -0.3 is 10.6 Å². The maximum Gasteiger partial charge on any atom is 0.0892 e. The Morgan fingerprint density at radius 1 is 1.46 bits per heavy atom. The first-order valence-corrected chi connectivity index (χ1v) is 5.47. The molecule has 1 aromatic heterocycles. The molecule has 0 amide bonds. The van der Waals surface area contributed by atoms with Gasteiger partial charge in [-0.2, -0.15) is 0 Å². The fourth-order valence-corrected chi connectivity index (χ4v) is 3.30. The van der Waals surface area contributed by atoms with Gasteiger partial charge in [-0.05, 0) is 45.0 Å². The Morgan fingerprint density at radius 3 is 2.77 bits per heavy atom. The summed E-state index contributed by atoms with van der Waals surface area (Å²) in [5, 5.41) is 1.01. The third-order valence-corrected chi connectivity index (χ3v) is 4.11. The summed E-state index contributed by atoms with van der Waals surface area (Å²) in [4.78, 5) is 3.80. The molecule has 0 saturated heterocycles. The third-order valence-electron chi connectivity index (χ3n) is 2.91. The quantitative estimate of drug-likeness (QED) is 0.746. The number of nitrogens with two attached hydrogens (primary N) is 1. The number of thiophene rings is 1. The van der Waals surface area contributed by atoms with Crippen LogP contribution in [0.3, 0.4) is 0 Å². The summed E-state index contributed by atoms with van der Waals surface area (Å²) < 4.78 is 0. The summed E-state index contributed by atoms with van der Waals surface area (Å²) in [6.45, 7) is 2.15. The van der Waals surface area contributed by atoms with Crippen LogP contribution in [0.1, 0.15) is 28.5 Å². The van der Waals surface area contributed by atoms with E-state index in [-0.39, 0.29) is 0 Å². The minimum Gasteiger partial charge on any atom is -0.390 e. The lowest BCUT2D eigenvalue weighted by molar-refractivity contribution is 0.298. The fourth-order valence-electron chi connectivity index (χ4n) is 2.16. The second kappa shape index (κ2) is 3.00. The molecule has 0 saturated carbocycles. The van der Waals surface area contributed by atoms with Crippen molar-refractivity contribution in [2.45, 2.75) is 25.8 Å². The molecule has 1 aliphatic rings. The first kappa shape index (κ1) is 9.03. The van der Waals surface area contributed by atoms with Crippen molar-refractivity contribution in [2.75, 3.05) is 19.8 Å². The Balaban J connectivity index is 2.45. The van der Waals surface area contributed by atoms with Crippen LogP contribution in [0.4, 0.5) is 5.00 Å². The van der Waals surface area contributed by atoms with Crippen molar-refractivity contribution in [3.63, 3.8) is 0 Å². The molecule has 2 nitrogen and oxygen atoms in total. The van der Waals surface area contributed by atoms with Crippen LogP contribution in [0.15, 0.2) is 0 Å². The van der Waals surface area contributed by atoms with E-state index in [1.54, 1.807) is 11.3 Å². The zero-order chi connectivity index (χ0) is 9.59. The molecule has 2 N–H and O–H groups in total. The van der Waals surface area contributed by atoms with E-state index in [2.05, 4.69) is 25.9 Å². The highest BCUT2D eigenvalue weighted by Gasteiger charge is 2.28. The Hall–Kier alpha value is -0.540. The summed E-state index contributed by atoms with van der Waals surface area (Å²) in [6.07, 6.45) is 2.47. The lowest BCUT2D eigenvalue weighted by Crippen LogP contribution is -2.17. The van der Waals surface area contributed by atoms with Gasteiger partial charge in [0.1, 0.15) is 0 Å². The van der Waals surface area contributed by atoms with Crippen LogP contribution in [-0.2, 0) is 6.42 Å². The number of hydrogen-bond donors (Lipinski definition) is 1. The Kier molecular flexibility index (Phi) is 2.08. The highest BCUT2D eigenvalue weighted by Crippen LogP contribution is 2.43. The molecule has 1 heterocycles. The number of aryl methyl sites for hydroxylation is 1. The van der Waals surface area contributed by atoms with E-state index < -0.39 is 0 Å². The molecule has 0 spiro atoms. The average Bonchev–Trinajstić information content (AvgIpc) is 2.55. The van der Waals surface area contributed by atoms with Crippen LogP contribution in [-0.4, -0.2) is 19.0 Å². The highest BCUT2D eigenvalue weighted by atomic mass is 32.1. The Bertz CT molecular complexity index is 328. The minimum atomic E-state index is 0.601. The molecule has 13 heavy (non-hydrogen) atoms. The second-order valence-electron chi connectivity index (χ2n) is 3.95. The normalized spacial score (nSPS) is 21.1. The molecule has 1 atom stereocenters. The largest absolute Gasteiger partial charge is 0.390 e. The molecule has 0 bridgehead atoms. The Labute approximate surface area is 83.4 Å². The first-order valence-electron chi connectivity index (χ1n) is 4.65. The standard InChI is InChI=1S/C10H16N2S/c1-6-9-7(12(2)3)4-5-8(9)13-10(6)11/h7H,4-5,11H2,1-3H3. The average molecular weight is 196 g/mol. The van der Waals surface area contributed by atoms with Crippen LogP contribution >= 0.6 is 11.3 Å². The van der Waals surface area contributed by atoms with Gasteiger partial charge in [0.25, 0.3) is 0 Å². The number of anilines is 1. The molecular weight excluding hydrogens is 180 g/mol. The fraction of sp³-hybridized carbons (Fsp3) is 0.600. The van der Waals surface area contributed by atoms with Crippen molar-refractivity contribution in [1.82, 2.24) is 4.90 Å². The molecule has 3 heteroatoms. The van der Waals surface area contributed by atoms with Crippen LogP contribution in [0.2, 0.25) is 0 Å². The number of hydrogen-bond acceptors (Lipinski definition) is 3. The minimum absolute atomic E-state index is 0.601. The van der Waals surface area contributed by atoms with Gasteiger partial charge in [-0.3, -0.25) is 0 Å². The molecule has 0 aromatic carbocycles. The van der Waals surface area contributed by atoms with E-state index in [0.717, 1.165) is 5.00 Å². The van der Waals surface area contributed by atoms with Crippen molar-refractivity contribution in [2.24, 2.45) is 0 Å². The highest BCUT2D eigenvalue weighted by molar-refractivity contribution is 7.16. The van der Waals surface area contributed by atoms with Crippen LogP contribution < -0.4 is 5.73 Å². The predicted octanol–water partition coefficient (Wildman–Crippen LogP) is 2.19. The van der Waals surface area contributed by atoms with Crippen molar-refractivity contribution >= 4 is 16.3 Å². The lowest BCUT2D eigenvalue weighted by Gasteiger charge is -2.20. The van der Waals surface area contributed by atoms with Crippen molar-refractivity contribution < 1.29 is 0 Å². The molecule has 2 rings (SSSR count). The summed E-state index contributed by atoms with van der Waals surface area (Å²) >= 11 is 1.78. The number of rotatable bonds is 1. The van der Waals surface area contributed by atoms with Crippen LogP contribution in [0, 0.1) is 6.92 Å². The van der Waals surface area contributed by atoms with Gasteiger partial charge >= 0.3 is 0 Å². The van der Waals surface area contributed by atoms with E-state index in [1.165, 1.54) is 28.8 Å². The van der Waals surface area contributed by atoms with E-state index >= 15 is 0 Å². The predicted molar refractivity (Wildman–Crippen MR) is 58.2 cm³/mol. The second-order valence-corrected chi connectivity index (χ2v) is 5.08. The number of nitrogens with zero attached hydrogens (tertiary/aromatic N) is 1. The molecular formula is C10H16N2S. The number of nitrogen functional groups attached to an aromatic ring is 1. The molecule has 0 aliphatic heterocycles. The molecule has 72 valence electrons.